The Morgan fingerprint density at radius 3 is 2.62 bits per heavy atom. The normalized spacial score (nSPS) is 11.3. The van der Waals surface area contributed by atoms with E-state index in [4.69, 9.17) is 4.42 Å². The molecule has 5 nitrogen and oxygen atoms in total. The summed E-state index contributed by atoms with van der Waals surface area (Å²) in [4.78, 5) is 22.1. The monoisotopic (exact) mass is 283 g/mol. The highest BCUT2D eigenvalue weighted by Crippen LogP contribution is 2.18. The predicted molar refractivity (Wildman–Crippen MR) is 79.0 cm³/mol. The van der Waals surface area contributed by atoms with E-state index in [0.29, 0.717) is 11.3 Å². The van der Waals surface area contributed by atoms with Gasteiger partial charge in [-0.05, 0) is 37.3 Å². The van der Waals surface area contributed by atoms with Gasteiger partial charge in [-0.25, -0.2) is 0 Å². The van der Waals surface area contributed by atoms with Crippen molar-refractivity contribution in [2.24, 2.45) is 0 Å². The molecule has 2 rings (SSSR count). The fourth-order valence-corrected chi connectivity index (χ4v) is 1.75. The topological polar surface area (TPSA) is 73.3 Å². The Balaban J connectivity index is 2.07. The zero-order valence-corrected chi connectivity index (χ0v) is 11.4. The largest absolute Gasteiger partial charge is 0.458 e. The number of benzene rings is 1. The number of ketones is 1. The average molecular weight is 283 g/mol. The molecule has 5 heteroatoms. The van der Waals surface area contributed by atoms with E-state index in [2.05, 4.69) is 0 Å². The molecule has 0 atom stereocenters. The van der Waals surface area contributed by atoms with Crippen molar-refractivity contribution in [2.45, 2.75) is 6.92 Å². The van der Waals surface area contributed by atoms with Gasteiger partial charge in [0.2, 0.25) is 5.78 Å². The number of aryl methyl sites for hydroxylation is 1. The van der Waals surface area contributed by atoms with Gasteiger partial charge < -0.3 is 4.42 Å². The molecule has 0 fully saturated rings. The van der Waals surface area contributed by atoms with Crippen LogP contribution in [0.2, 0.25) is 0 Å². The zero-order chi connectivity index (χ0) is 15.2. The average Bonchev–Trinajstić information content (AvgIpc) is 2.90. The number of hydrogen-bond donors (Lipinski definition) is 0. The summed E-state index contributed by atoms with van der Waals surface area (Å²) in [5.41, 5.74) is 0.503. The minimum atomic E-state index is -0.444. The summed E-state index contributed by atoms with van der Waals surface area (Å²) in [7, 11) is 0. The summed E-state index contributed by atoms with van der Waals surface area (Å²) in [6.07, 6.45) is 6.03. The van der Waals surface area contributed by atoms with Crippen LogP contribution in [0.15, 0.2) is 59.0 Å². The van der Waals surface area contributed by atoms with E-state index in [9.17, 15) is 14.9 Å². The fourth-order valence-electron chi connectivity index (χ4n) is 1.75. The van der Waals surface area contributed by atoms with Crippen molar-refractivity contribution in [3.05, 3.63) is 81.8 Å². The molecule has 0 radical (unpaired) electrons. The molecule has 0 saturated carbocycles. The second-order valence-electron chi connectivity index (χ2n) is 4.31. The van der Waals surface area contributed by atoms with Crippen molar-refractivity contribution < 1.29 is 14.1 Å². The van der Waals surface area contributed by atoms with Gasteiger partial charge in [0.05, 0.1) is 10.5 Å². The van der Waals surface area contributed by atoms with E-state index >= 15 is 0 Å². The first kappa shape index (κ1) is 14.5. The number of furan rings is 1. The fraction of sp³-hybridized carbons (Fsp3) is 0.0625. The van der Waals surface area contributed by atoms with Crippen LogP contribution in [0.1, 0.15) is 21.9 Å². The van der Waals surface area contributed by atoms with Crippen molar-refractivity contribution in [3.63, 3.8) is 0 Å². The smallest absolute Gasteiger partial charge is 0.276 e. The third-order valence-corrected chi connectivity index (χ3v) is 2.75. The summed E-state index contributed by atoms with van der Waals surface area (Å²) in [6, 6.07) is 9.71. The molecule has 0 N–H and O–H groups in total. The Labute approximate surface area is 121 Å². The lowest BCUT2D eigenvalue weighted by Crippen LogP contribution is -1.90. The van der Waals surface area contributed by atoms with Crippen LogP contribution in [-0.4, -0.2) is 10.7 Å². The van der Waals surface area contributed by atoms with E-state index in [-0.39, 0.29) is 17.2 Å². The Bertz CT molecular complexity index is 725. The van der Waals surface area contributed by atoms with Crippen LogP contribution in [0.5, 0.6) is 0 Å². The zero-order valence-electron chi connectivity index (χ0n) is 11.4. The molecule has 106 valence electrons. The van der Waals surface area contributed by atoms with Crippen LogP contribution in [0.25, 0.3) is 6.08 Å². The second kappa shape index (κ2) is 6.47. The summed E-state index contributed by atoms with van der Waals surface area (Å²) < 4.78 is 5.20. The number of para-hydroxylation sites is 1. The van der Waals surface area contributed by atoms with Crippen molar-refractivity contribution >= 4 is 17.5 Å². The molecule has 1 aromatic carbocycles. The van der Waals surface area contributed by atoms with Gasteiger partial charge in [-0.2, -0.15) is 0 Å². The molecule has 0 amide bonds. The number of nitro benzene ring substituents is 1. The SMILES string of the molecule is Cc1ccc(C(=O)/C=C/C=C/c2ccccc2[N+](=O)[O-])o1. The second-order valence-corrected chi connectivity index (χ2v) is 4.31. The number of rotatable bonds is 5. The molecular weight excluding hydrogens is 270 g/mol. The lowest BCUT2D eigenvalue weighted by atomic mass is 10.1. The first-order chi connectivity index (χ1) is 10.1. The number of hydrogen-bond acceptors (Lipinski definition) is 4. The Morgan fingerprint density at radius 2 is 1.95 bits per heavy atom. The lowest BCUT2D eigenvalue weighted by molar-refractivity contribution is -0.385. The van der Waals surface area contributed by atoms with Gasteiger partial charge in [0.25, 0.3) is 5.69 Å². The maximum Gasteiger partial charge on any atom is 0.276 e. The van der Waals surface area contributed by atoms with Crippen LogP contribution >= 0.6 is 0 Å². The molecular formula is C16H13NO4. The minimum absolute atomic E-state index is 0.0233. The van der Waals surface area contributed by atoms with Gasteiger partial charge in [0.1, 0.15) is 5.76 Å². The maximum atomic E-state index is 11.7. The van der Waals surface area contributed by atoms with Gasteiger partial charge in [0, 0.05) is 6.07 Å². The van der Waals surface area contributed by atoms with Crippen molar-refractivity contribution in [1.82, 2.24) is 0 Å². The maximum absolute atomic E-state index is 11.7. The van der Waals surface area contributed by atoms with Crippen molar-refractivity contribution in [2.75, 3.05) is 0 Å². The van der Waals surface area contributed by atoms with E-state index in [1.165, 1.54) is 18.2 Å². The molecule has 1 aromatic heterocycles. The summed E-state index contributed by atoms with van der Waals surface area (Å²) in [5.74, 6) is 0.681. The van der Waals surface area contributed by atoms with Crippen LogP contribution in [0.4, 0.5) is 5.69 Å². The van der Waals surface area contributed by atoms with Crippen molar-refractivity contribution in [1.29, 1.82) is 0 Å². The van der Waals surface area contributed by atoms with Crippen LogP contribution in [0.3, 0.4) is 0 Å². The quantitative estimate of drug-likeness (QED) is 0.274. The van der Waals surface area contributed by atoms with Gasteiger partial charge in [0.15, 0.2) is 5.76 Å². The molecule has 2 aromatic rings. The summed E-state index contributed by atoms with van der Waals surface area (Å²) >= 11 is 0. The van der Waals surface area contributed by atoms with E-state index in [1.54, 1.807) is 49.4 Å². The predicted octanol–water partition coefficient (Wildman–Crippen LogP) is 3.95. The highest BCUT2D eigenvalue weighted by Gasteiger charge is 2.08. The third-order valence-electron chi connectivity index (χ3n) is 2.75. The number of nitrogens with zero attached hydrogens (tertiary/aromatic N) is 1. The Hall–Kier alpha value is -2.95. The standard InChI is InChI=1S/C16H13NO4/c1-12-10-11-16(21-12)15(18)9-5-3-7-13-6-2-4-8-14(13)17(19)20/h2-11H,1H3/b7-3+,9-5+. The molecule has 0 aliphatic carbocycles. The highest BCUT2D eigenvalue weighted by atomic mass is 16.6. The number of carbonyl (C=O) groups excluding carboxylic acids is 1. The van der Waals surface area contributed by atoms with Gasteiger partial charge in [-0.1, -0.05) is 24.3 Å². The number of carbonyl (C=O) groups is 1. The molecule has 21 heavy (non-hydrogen) atoms. The molecule has 0 saturated heterocycles. The third kappa shape index (κ3) is 3.76. The van der Waals surface area contributed by atoms with Crippen molar-refractivity contribution in [3.8, 4) is 0 Å². The first-order valence-electron chi connectivity index (χ1n) is 6.27. The molecule has 0 bridgehead atoms. The number of allylic oxidation sites excluding steroid dienone is 3. The summed E-state index contributed by atoms with van der Waals surface area (Å²) in [6.45, 7) is 1.76. The highest BCUT2D eigenvalue weighted by molar-refractivity contribution is 6.02. The van der Waals surface area contributed by atoms with Crippen LogP contribution in [-0.2, 0) is 0 Å². The molecule has 0 spiro atoms. The van der Waals surface area contributed by atoms with E-state index in [1.807, 2.05) is 0 Å². The molecule has 0 aliphatic rings. The molecule has 0 unspecified atom stereocenters. The Kier molecular flexibility index (Phi) is 4.46. The minimum Gasteiger partial charge on any atom is -0.458 e. The van der Waals surface area contributed by atoms with Gasteiger partial charge in [-0.15, -0.1) is 0 Å². The van der Waals surface area contributed by atoms with E-state index < -0.39 is 4.92 Å². The van der Waals surface area contributed by atoms with E-state index in [0.717, 1.165) is 0 Å². The van der Waals surface area contributed by atoms with Crippen LogP contribution in [0, 0.1) is 17.0 Å². The van der Waals surface area contributed by atoms with Crippen LogP contribution < -0.4 is 0 Å². The van der Waals surface area contributed by atoms with Gasteiger partial charge >= 0.3 is 0 Å². The summed E-state index contributed by atoms with van der Waals surface area (Å²) in [5, 5.41) is 10.8. The lowest BCUT2D eigenvalue weighted by Gasteiger charge is -1.95. The molecule has 0 aliphatic heterocycles. The molecule has 1 heterocycles. The Morgan fingerprint density at radius 1 is 1.19 bits per heavy atom. The van der Waals surface area contributed by atoms with Gasteiger partial charge in [-0.3, -0.25) is 14.9 Å². The number of nitro groups is 1. The first-order valence-corrected chi connectivity index (χ1v) is 6.27.